The molecule has 196 valence electrons. The molecular weight excluding hydrogens is 598 g/mol. The van der Waals surface area contributed by atoms with Crippen molar-refractivity contribution in [2.45, 2.75) is 70.0 Å². The number of benzene rings is 3. The standard InChI is InChI=1S/C30H34O5P.HI/c1-29(2)32-25-24(31-28-27(26(25)33-29)34-30(3,4)35-28)20-36(21-14-8-5-9-15-21,22-16-10-6-11-17-22)23-18-12-7-13-19-23;/h5-19,24-28H,20H2,1-4H3;1H/q+1;/p-1/t24-,25+,26+,27-,28-;/m1./s1. The molecule has 3 fully saturated rings. The van der Waals surface area contributed by atoms with Crippen molar-refractivity contribution in [3.05, 3.63) is 91.0 Å². The largest absolute Gasteiger partial charge is 1.00 e. The van der Waals surface area contributed by atoms with Gasteiger partial charge in [-0.25, -0.2) is 0 Å². The monoisotopic (exact) mass is 632 g/mol. The summed E-state index contributed by atoms with van der Waals surface area (Å²) in [7, 11) is -2.14. The third kappa shape index (κ3) is 5.03. The Morgan fingerprint density at radius 3 is 1.46 bits per heavy atom. The average Bonchev–Trinajstić information content (AvgIpc) is 3.38. The molecule has 37 heavy (non-hydrogen) atoms. The second-order valence-corrected chi connectivity index (χ2v) is 14.2. The number of hydrogen-bond acceptors (Lipinski definition) is 5. The summed E-state index contributed by atoms with van der Waals surface area (Å²) in [4.78, 5) is 0. The van der Waals surface area contributed by atoms with Gasteiger partial charge in [0.05, 0.1) is 0 Å². The molecule has 0 radical (unpaired) electrons. The lowest BCUT2D eigenvalue weighted by atomic mass is 10.00. The number of ether oxygens (including phenoxy) is 5. The van der Waals surface area contributed by atoms with Crippen LogP contribution in [0.15, 0.2) is 91.0 Å². The SMILES string of the molecule is CC1(C)O[C@H]2[C@@H](O1)[C@@H](C[P+](c1ccccc1)(c1ccccc1)c1ccccc1)O[C@@H]1OC(C)(C)O[C@@H]12.[I-]. The second kappa shape index (κ2) is 10.3. The molecule has 6 rings (SSSR count). The van der Waals surface area contributed by atoms with Gasteiger partial charge >= 0.3 is 0 Å². The minimum Gasteiger partial charge on any atom is -1.00 e. The van der Waals surface area contributed by atoms with Gasteiger partial charge in [-0.2, -0.15) is 0 Å². The summed E-state index contributed by atoms with van der Waals surface area (Å²) in [6.07, 6.45) is -0.860. The first-order valence-electron chi connectivity index (χ1n) is 12.7. The Balaban J connectivity index is 0.00000280. The highest BCUT2D eigenvalue weighted by Crippen LogP contribution is 2.58. The van der Waals surface area contributed by atoms with E-state index in [4.69, 9.17) is 23.7 Å². The van der Waals surface area contributed by atoms with Gasteiger partial charge in [0.25, 0.3) is 0 Å². The fourth-order valence-corrected chi connectivity index (χ4v) is 10.3. The van der Waals surface area contributed by atoms with Crippen LogP contribution in [-0.4, -0.2) is 48.4 Å². The normalized spacial score (nSPS) is 29.7. The summed E-state index contributed by atoms with van der Waals surface area (Å²) in [5, 5.41) is 3.94. The summed E-state index contributed by atoms with van der Waals surface area (Å²) >= 11 is 0. The molecule has 0 spiro atoms. The molecule has 0 amide bonds. The maximum Gasteiger partial charge on any atom is 0.190 e. The van der Waals surface area contributed by atoms with Crippen LogP contribution in [0.1, 0.15) is 27.7 Å². The third-order valence-corrected chi connectivity index (χ3v) is 11.7. The van der Waals surface area contributed by atoms with Crippen molar-refractivity contribution >= 4 is 23.2 Å². The predicted molar refractivity (Wildman–Crippen MR) is 143 cm³/mol. The van der Waals surface area contributed by atoms with E-state index in [0.29, 0.717) is 0 Å². The van der Waals surface area contributed by atoms with Crippen LogP contribution in [-0.2, 0) is 23.7 Å². The predicted octanol–water partition coefficient (Wildman–Crippen LogP) is 1.38. The molecule has 0 saturated carbocycles. The number of rotatable bonds is 5. The lowest BCUT2D eigenvalue weighted by Gasteiger charge is -2.39. The van der Waals surface area contributed by atoms with E-state index in [9.17, 15) is 0 Å². The Morgan fingerprint density at radius 2 is 0.973 bits per heavy atom. The zero-order valence-corrected chi connectivity index (χ0v) is 24.7. The molecule has 0 aliphatic carbocycles. The van der Waals surface area contributed by atoms with Crippen molar-refractivity contribution < 1.29 is 47.7 Å². The van der Waals surface area contributed by atoms with Crippen molar-refractivity contribution in [1.82, 2.24) is 0 Å². The molecule has 3 heterocycles. The number of halogens is 1. The Kier molecular flexibility index (Phi) is 7.58. The second-order valence-electron chi connectivity index (χ2n) is 10.7. The van der Waals surface area contributed by atoms with E-state index in [2.05, 4.69) is 91.0 Å². The highest BCUT2D eigenvalue weighted by atomic mass is 127. The zero-order chi connectivity index (χ0) is 25.0. The van der Waals surface area contributed by atoms with Gasteiger partial charge in [-0.15, -0.1) is 0 Å². The van der Waals surface area contributed by atoms with Gasteiger partial charge in [-0.3, -0.25) is 0 Å². The molecule has 0 N–H and O–H groups in total. The Morgan fingerprint density at radius 1 is 0.568 bits per heavy atom. The molecule has 0 unspecified atom stereocenters. The van der Waals surface area contributed by atoms with Crippen molar-refractivity contribution in [2.24, 2.45) is 0 Å². The van der Waals surface area contributed by atoms with Crippen LogP contribution in [0.2, 0.25) is 0 Å². The first-order valence-corrected chi connectivity index (χ1v) is 14.7. The molecule has 0 aromatic heterocycles. The van der Waals surface area contributed by atoms with Crippen molar-refractivity contribution in [1.29, 1.82) is 0 Å². The van der Waals surface area contributed by atoms with Crippen LogP contribution in [0.3, 0.4) is 0 Å². The van der Waals surface area contributed by atoms with Gasteiger partial charge < -0.3 is 47.7 Å². The summed E-state index contributed by atoms with van der Waals surface area (Å²) < 4.78 is 32.2. The van der Waals surface area contributed by atoms with Crippen LogP contribution in [0.5, 0.6) is 0 Å². The molecule has 3 aromatic rings. The Labute approximate surface area is 237 Å². The lowest BCUT2D eigenvalue weighted by molar-refractivity contribution is -0.228. The minimum absolute atomic E-state index is 0. The topological polar surface area (TPSA) is 46.2 Å². The maximum atomic E-state index is 6.75. The van der Waals surface area contributed by atoms with E-state index in [1.54, 1.807) is 0 Å². The van der Waals surface area contributed by atoms with E-state index in [1.165, 1.54) is 15.9 Å². The van der Waals surface area contributed by atoms with Gasteiger partial charge in [0, 0.05) is 0 Å². The van der Waals surface area contributed by atoms with Gasteiger partial charge in [0.2, 0.25) is 0 Å². The summed E-state index contributed by atoms with van der Waals surface area (Å²) in [6, 6.07) is 32.5. The summed E-state index contributed by atoms with van der Waals surface area (Å²) in [6.45, 7) is 7.78. The number of fused-ring (bicyclic) bond motifs is 3. The smallest absolute Gasteiger partial charge is 0.190 e. The van der Waals surface area contributed by atoms with E-state index < -0.39 is 25.1 Å². The molecule has 5 atom stereocenters. The van der Waals surface area contributed by atoms with Crippen LogP contribution in [0.4, 0.5) is 0 Å². The van der Waals surface area contributed by atoms with Gasteiger partial charge in [-0.05, 0) is 64.1 Å². The van der Waals surface area contributed by atoms with E-state index in [1.807, 2.05) is 27.7 Å². The summed E-state index contributed by atoms with van der Waals surface area (Å²) in [5.74, 6) is -1.47. The van der Waals surface area contributed by atoms with Crippen molar-refractivity contribution in [3.8, 4) is 0 Å². The van der Waals surface area contributed by atoms with Gasteiger partial charge in [-0.1, -0.05) is 54.6 Å². The van der Waals surface area contributed by atoms with Crippen LogP contribution >= 0.6 is 7.26 Å². The first-order chi connectivity index (χ1) is 17.3. The van der Waals surface area contributed by atoms with Crippen molar-refractivity contribution in [3.63, 3.8) is 0 Å². The molecule has 3 saturated heterocycles. The van der Waals surface area contributed by atoms with Crippen LogP contribution in [0, 0.1) is 0 Å². The zero-order valence-electron chi connectivity index (χ0n) is 21.6. The average molecular weight is 632 g/mol. The maximum absolute atomic E-state index is 6.75. The van der Waals surface area contributed by atoms with Crippen molar-refractivity contribution in [2.75, 3.05) is 6.16 Å². The van der Waals surface area contributed by atoms with E-state index in [0.717, 1.165) is 6.16 Å². The lowest BCUT2D eigenvalue weighted by Crippen LogP contribution is -3.00. The van der Waals surface area contributed by atoms with Crippen LogP contribution < -0.4 is 39.9 Å². The molecular formula is C30H34IO5P. The molecule has 3 aromatic carbocycles. The van der Waals surface area contributed by atoms with E-state index in [-0.39, 0.29) is 48.4 Å². The Bertz CT molecular complexity index is 1090. The van der Waals surface area contributed by atoms with Gasteiger partial charge in [0.1, 0.15) is 53.8 Å². The first kappa shape index (κ1) is 27.2. The quantitative estimate of drug-likeness (QED) is 0.315. The van der Waals surface area contributed by atoms with Crippen LogP contribution in [0.25, 0.3) is 0 Å². The fourth-order valence-electron chi connectivity index (χ4n) is 5.92. The summed E-state index contributed by atoms with van der Waals surface area (Å²) in [5.41, 5.74) is 0. The van der Waals surface area contributed by atoms with E-state index >= 15 is 0 Å². The molecule has 3 aliphatic rings. The molecule has 7 heteroatoms. The third-order valence-electron chi connectivity index (χ3n) is 7.30. The van der Waals surface area contributed by atoms with Gasteiger partial charge in [0.15, 0.2) is 17.9 Å². The number of hydrogen-bond donors (Lipinski definition) is 0. The molecule has 0 bridgehead atoms. The highest BCUT2D eigenvalue weighted by molar-refractivity contribution is 7.95. The Hall–Kier alpha value is -1.38. The molecule has 3 aliphatic heterocycles. The molecule has 5 nitrogen and oxygen atoms in total. The highest BCUT2D eigenvalue weighted by Gasteiger charge is 2.63. The fraction of sp³-hybridized carbons (Fsp3) is 0.400. The minimum atomic E-state index is -2.14.